The maximum absolute atomic E-state index is 12.5. The summed E-state index contributed by atoms with van der Waals surface area (Å²) < 4.78 is 29.8. The van der Waals surface area contributed by atoms with Gasteiger partial charge < -0.3 is 9.64 Å². The summed E-state index contributed by atoms with van der Waals surface area (Å²) in [4.78, 5) is 23.3. The summed E-state index contributed by atoms with van der Waals surface area (Å²) in [5.41, 5.74) is -0.428. The zero-order chi connectivity index (χ0) is 16.0. The molecule has 21 heavy (non-hydrogen) atoms. The summed E-state index contributed by atoms with van der Waals surface area (Å²) in [5, 5.41) is 11.2. The van der Waals surface area contributed by atoms with Gasteiger partial charge in [0.1, 0.15) is 0 Å². The van der Waals surface area contributed by atoms with Crippen molar-refractivity contribution in [3.8, 4) is 5.75 Å². The van der Waals surface area contributed by atoms with Crippen molar-refractivity contribution in [1.82, 2.24) is 4.90 Å². The third-order valence-electron chi connectivity index (χ3n) is 2.62. The summed E-state index contributed by atoms with van der Waals surface area (Å²) in [7, 11) is 1.26. The fourth-order valence-electron chi connectivity index (χ4n) is 1.69. The molecule has 0 aliphatic rings. The standard InChI is InChI=1S/C12H13BrF2N2O4/c1-21-10-3-2-8(6-9(10)17(19)20)12(18)16(5-4-13)7-11(14)15/h2-3,6,11H,4-5,7H2,1H3. The van der Waals surface area contributed by atoms with E-state index in [-0.39, 0.29) is 23.5 Å². The quantitative estimate of drug-likeness (QED) is 0.422. The van der Waals surface area contributed by atoms with Gasteiger partial charge in [0.15, 0.2) is 5.75 Å². The molecular weight excluding hydrogens is 354 g/mol. The summed E-state index contributed by atoms with van der Waals surface area (Å²) >= 11 is 3.07. The van der Waals surface area contributed by atoms with Gasteiger partial charge >= 0.3 is 5.69 Å². The van der Waals surface area contributed by atoms with Crippen LogP contribution in [0, 0.1) is 10.1 Å². The highest BCUT2D eigenvalue weighted by molar-refractivity contribution is 9.09. The molecule has 1 aromatic carbocycles. The van der Waals surface area contributed by atoms with E-state index in [4.69, 9.17) is 4.74 Å². The van der Waals surface area contributed by atoms with E-state index >= 15 is 0 Å². The van der Waals surface area contributed by atoms with Crippen LogP contribution in [0.1, 0.15) is 10.4 Å². The monoisotopic (exact) mass is 366 g/mol. The van der Waals surface area contributed by atoms with Gasteiger partial charge in [0.25, 0.3) is 12.3 Å². The van der Waals surface area contributed by atoms with Crippen LogP contribution >= 0.6 is 15.9 Å². The summed E-state index contributed by atoms with van der Waals surface area (Å²) in [6.07, 6.45) is -2.68. The van der Waals surface area contributed by atoms with Gasteiger partial charge in [-0.15, -0.1) is 0 Å². The van der Waals surface area contributed by atoms with Crippen molar-refractivity contribution in [2.75, 3.05) is 25.5 Å². The molecule has 6 nitrogen and oxygen atoms in total. The predicted octanol–water partition coefficient (Wildman–Crippen LogP) is 2.71. The van der Waals surface area contributed by atoms with Crippen molar-refractivity contribution >= 4 is 27.5 Å². The van der Waals surface area contributed by atoms with Crippen molar-refractivity contribution in [2.45, 2.75) is 6.43 Å². The Kier molecular flexibility index (Phi) is 6.47. The zero-order valence-corrected chi connectivity index (χ0v) is 12.7. The van der Waals surface area contributed by atoms with Crippen molar-refractivity contribution < 1.29 is 23.2 Å². The van der Waals surface area contributed by atoms with Gasteiger partial charge in [-0.3, -0.25) is 14.9 Å². The number of hydrogen-bond donors (Lipinski definition) is 0. The lowest BCUT2D eigenvalue weighted by molar-refractivity contribution is -0.385. The molecule has 1 rings (SSSR count). The van der Waals surface area contributed by atoms with Crippen LogP contribution in [0.15, 0.2) is 18.2 Å². The number of carbonyl (C=O) groups is 1. The second kappa shape index (κ2) is 7.87. The number of nitro benzene ring substituents is 1. The molecule has 116 valence electrons. The van der Waals surface area contributed by atoms with E-state index in [2.05, 4.69) is 15.9 Å². The summed E-state index contributed by atoms with van der Waals surface area (Å²) in [6.45, 7) is -0.659. The minimum atomic E-state index is -2.68. The number of amides is 1. The molecule has 0 atom stereocenters. The fourth-order valence-corrected chi connectivity index (χ4v) is 2.12. The van der Waals surface area contributed by atoms with E-state index in [9.17, 15) is 23.7 Å². The van der Waals surface area contributed by atoms with E-state index < -0.39 is 23.8 Å². The molecule has 0 fully saturated rings. The number of ether oxygens (including phenoxy) is 1. The molecule has 0 saturated heterocycles. The third kappa shape index (κ3) is 4.62. The number of alkyl halides is 3. The summed E-state index contributed by atoms with van der Waals surface area (Å²) in [6, 6.07) is 3.59. The lowest BCUT2D eigenvalue weighted by atomic mass is 10.1. The predicted molar refractivity (Wildman–Crippen MR) is 75.3 cm³/mol. The Morgan fingerprint density at radius 3 is 2.67 bits per heavy atom. The Hall–Kier alpha value is -1.77. The van der Waals surface area contributed by atoms with Crippen LogP contribution in [0.25, 0.3) is 0 Å². The molecule has 0 N–H and O–H groups in total. The van der Waals surface area contributed by atoms with E-state index in [1.165, 1.54) is 19.2 Å². The van der Waals surface area contributed by atoms with Crippen LogP contribution in [0.4, 0.5) is 14.5 Å². The number of halogens is 3. The zero-order valence-electron chi connectivity index (χ0n) is 11.1. The Balaban J connectivity index is 3.10. The second-order valence-electron chi connectivity index (χ2n) is 3.97. The third-order valence-corrected chi connectivity index (χ3v) is 2.98. The highest BCUT2D eigenvalue weighted by atomic mass is 79.9. The van der Waals surface area contributed by atoms with E-state index in [0.29, 0.717) is 5.33 Å². The van der Waals surface area contributed by atoms with Gasteiger partial charge in [0.2, 0.25) is 0 Å². The van der Waals surface area contributed by atoms with Gasteiger partial charge in [0, 0.05) is 23.5 Å². The lowest BCUT2D eigenvalue weighted by Crippen LogP contribution is -2.36. The molecular formula is C12H13BrF2N2O4. The molecule has 0 spiro atoms. The molecule has 0 unspecified atom stereocenters. The molecule has 0 bridgehead atoms. The molecule has 9 heteroatoms. The minimum absolute atomic E-state index is 0.00236. The SMILES string of the molecule is COc1ccc(C(=O)N(CCBr)CC(F)F)cc1[N+](=O)[O-]. The average Bonchev–Trinajstić information content (AvgIpc) is 2.44. The van der Waals surface area contributed by atoms with Crippen molar-refractivity contribution in [3.63, 3.8) is 0 Å². The largest absolute Gasteiger partial charge is 0.490 e. The van der Waals surface area contributed by atoms with Gasteiger partial charge in [0.05, 0.1) is 18.6 Å². The minimum Gasteiger partial charge on any atom is -0.490 e. The number of nitrogens with zero attached hydrogens (tertiary/aromatic N) is 2. The number of methoxy groups -OCH3 is 1. The van der Waals surface area contributed by atoms with Crippen LogP contribution < -0.4 is 4.74 Å². The first kappa shape index (κ1) is 17.3. The van der Waals surface area contributed by atoms with E-state index in [1.54, 1.807) is 0 Å². The molecule has 0 aromatic heterocycles. The first-order valence-corrected chi connectivity index (χ1v) is 6.98. The normalized spacial score (nSPS) is 10.5. The fraction of sp³-hybridized carbons (Fsp3) is 0.417. The molecule has 0 heterocycles. The Morgan fingerprint density at radius 1 is 1.52 bits per heavy atom. The molecule has 1 aromatic rings. The Bertz CT molecular complexity index is 528. The molecule has 0 saturated carbocycles. The topological polar surface area (TPSA) is 72.7 Å². The highest BCUT2D eigenvalue weighted by Gasteiger charge is 2.23. The van der Waals surface area contributed by atoms with Crippen molar-refractivity contribution in [2.24, 2.45) is 0 Å². The van der Waals surface area contributed by atoms with Crippen LogP contribution in [-0.4, -0.2) is 47.7 Å². The van der Waals surface area contributed by atoms with Gasteiger partial charge in [-0.1, -0.05) is 15.9 Å². The van der Waals surface area contributed by atoms with E-state index in [0.717, 1.165) is 11.0 Å². The number of rotatable bonds is 7. The van der Waals surface area contributed by atoms with Crippen LogP contribution in [-0.2, 0) is 0 Å². The summed E-state index contributed by atoms with van der Waals surface area (Å²) in [5.74, 6) is -0.696. The molecule has 1 amide bonds. The van der Waals surface area contributed by atoms with Crippen molar-refractivity contribution in [3.05, 3.63) is 33.9 Å². The van der Waals surface area contributed by atoms with Crippen LogP contribution in [0.5, 0.6) is 5.75 Å². The maximum atomic E-state index is 12.5. The number of hydrogen-bond acceptors (Lipinski definition) is 4. The average molecular weight is 367 g/mol. The Morgan fingerprint density at radius 2 is 2.19 bits per heavy atom. The molecule has 0 aliphatic carbocycles. The Labute approximate surface area is 128 Å². The number of nitro groups is 1. The van der Waals surface area contributed by atoms with E-state index in [1.807, 2.05) is 0 Å². The van der Waals surface area contributed by atoms with Gasteiger partial charge in [-0.2, -0.15) is 0 Å². The first-order chi connectivity index (χ1) is 9.90. The van der Waals surface area contributed by atoms with Crippen LogP contribution in [0.2, 0.25) is 0 Å². The molecule has 0 aliphatic heterocycles. The maximum Gasteiger partial charge on any atom is 0.311 e. The van der Waals surface area contributed by atoms with Crippen LogP contribution in [0.3, 0.4) is 0 Å². The molecule has 0 radical (unpaired) electrons. The number of benzene rings is 1. The van der Waals surface area contributed by atoms with Gasteiger partial charge in [-0.05, 0) is 12.1 Å². The highest BCUT2D eigenvalue weighted by Crippen LogP contribution is 2.28. The lowest BCUT2D eigenvalue weighted by Gasteiger charge is -2.21. The first-order valence-electron chi connectivity index (χ1n) is 5.86. The second-order valence-corrected chi connectivity index (χ2v) is 4.77. The van der Waals surface area contributed by atoms with Gasteiger partial charge in [-0.25, -0.2) is 8.78 Å². The smallest absolute Gasteiger partial charge is 0.311 e. The number of carbonyl (C=O) groups excluding carboxylic acids is 1. The van der Waals surface area contributed by atoms with Crippen molar-refractivity contribution in [1.29, 1.82) is 0 Å².